The fraction of sp³-hybridized carbons (Fsp3) is 0.500. The van der Waals surface area contributed by atoms with E-state index in [1.54, 1.807) is 0 Å². The van der Waals surface area contributed by atoms with Crippen molar-refractivity contribution in [2.75, 3.05) is 13.7 Å². The molecule has 2 heteroatoms. The van der Waals surface area contributed by atoms with E-state index in [9.17, 15) is 0 Å². The van der Waals surface area contributed by atoms with Crippen LogP contribution in [0.1, 0.15) is 19.4 Å². The van der Waals surface area contributed by atoms with Gasteiger partial charge in [-0.1, -0.05) is 18.2 Å². The number of ether oxygens (including phenoxy) is 1. The Morgan fingerprint density at radius 2 is 2.07 bits per heavy atom. The zero-order chi connectivity index (χ0) is 10.4. The van der Waals surface area contributed by atoms with Gasteiger partial charge in [0.1, 0.15) is 5.75 Å². The van der Waals surface area contributed by atoms with Gasteiger partial charge in [0.2, 0.25) is 0 Å². The third kappa shape index (κ3) is 3.04. The molecule has 2 nitrogen and oxygen atoms in total. The van der Waals surface area contributed by atoms with E-state index in [4.69, 9.17) is 4.74 Å². The fourth-order valence-corrected chi connectivity index (χ4v) is 1.40. The highest BCUT2D eigenvalue weighted by Crippen LogP contribution is 2.19. The first-order chi connectivity index (χ1) is 6.77. The van der Waals surface area contributed by atoms with Gasteiger partial charge in [-0.2, -0.15) is 0 Å². The Hall–Kier alpha value is -1.02. The lowest BCUT2D eigenvalue weighted by Crippen LogP contribution is -2.23. The van der Waals surface area contributed by atoms with Crippen LogP contribution in [0.5, 0.6) is 5.75 Å². The Labute approximate surface area is 86.3 Å². The van der Waals surface area contributed by atoms with Gasteiger partial charge in [-0.05, 0) is 38.9 Å². The van der Waals surface area contributed by atoms with Crippen LogP contribution >= 0.6 is 0 Å². The molecule has 14 heavy (non-hydrogen) atoms. The van der Waals surface area contributed by atoms with Crippen molar-refractivity contribution in [3.63, 3.8) is 0 Å². The minimum atomic E-state index is 0.483. The van der Waals surface area contributed by atoms with Crippen LogP contribution in [0, 0.1) is 0 Å². The van der Waals surface area contributed by atoms with Gasteiger partial charge in [-0.3, -0.25) is 0 Å². The van der Waals surface area contributed by atoms with Crippen molar-refractivity contribution in [3.8, 4) is 5.75 Å². The van der Waals surface area contributed by atoms with E-state index in [-0.39, 0.29) is 0 Å². The summed E-state index contributed by atoms with van der Waals surface area (Å²) in [6.45, 7) is 4.91. The predicted octanol–water partition coefficient (Wildman–Crippen LogP) is 2.24. The van der Waals surface area contributed by atoms with Crippen LogP contribution in [0.15, 0.2) is 24.3 Å². The third-order valence-corrected chi connectivity index (χ3v) is 2.29. The highest BCUT2D eigenvalue weighted by atomic mass is 16.5. The largest absolute Gasteiger partial charge is 0.494 e. The molecule has 0 bridgehead atoms. The van der Waals surface area contributed by atoms with Crippen molar-refractivity contribution in [2.24, 2.45) is 0 Å². The molecular weight excluding hydrogens is 174 g/mol. The highest BCUT2D eigenvalue weighted by molar-refractivity contribution is 5.33. The molecule has 0 aliphatic carbocycles. The Kier molecular flexibility index (Phi) is 4.47. The number of para-hydroxylation sites is 1. The Balaban J connectivity index is 2.73. The van der Waals surface area contributed by atoms with Crippen LogP contribution in [0.25, 0.3) is 0 Å². The Morgan fingerprint density at radius 1 is 1.36 bits per heavy atom. The molecule has 1 N–H and O–H groups in total. The summed E-state index contributed by atoms with van der Waals surface area (Å²) in [5.74, 6) is 1.01. The zero-order valence-electron chi connectivity index (χ0n) is 9.21. The maximum absolute atomic E-state index is 5.55. The summed E-state index contributed by atoms with van der Waals surface area (Å²) >= 11 is 0. The number of rotatable bonds is 5. The molecule has 1 unspecified atom stereocenters. The molecule has 0 saturated carbocycles. The Bertz CT molecular complexity index is 273. The molecular formula is C12H19NO. The first kappa shape index (κ1) is 11.1. The van der Waals surface area contributed by atoms with Crippen LogP contribution in [0.4, 0.5) is 0 Å². The summed E-state index contributed by atoms with van der Waals surface area (Å²) in [6, 6.07) is 8.70. The fourth-order valence-electron chi connectivity index (χ4n) is 1.40. The van der Waals surface area contributed by atoms with Crippen molar-refractivity contribution >= 4 is 0 Å². The molecule has 0 aliphatic rings. The summed E-state index contributed by atoms with van der Waals surface area (Å²) in [6.07, 6.45) is 1.01. The number of likely N-dealkylation sites (N-methyl/N-ethyl adjacent to an activating group) is 1. The van der Waals surface area contributed by atoms with Crippen LogP contribution in [0.3, 0.4) is 0 Å². The normalized spacial score (nSPS) is 12.5. The number of hydrogen-bond acceptors (Lipinski definition) is 2. The molecule has 0 radical (unpaired) electrons. The number of hydrogen-bond donors (Lipinski definition) is 1. The first-order valence-electron chi connectivity index (χ1n) is 5.16. The van der Waals surface area contributed by atoms with E-state index in [2.05, 4.69) is 24.4 Å². The first-order valence-corrected chi connectivity index (χ1v) is 5.16. The van der Waals surface area contributed by atoms with Gasteiger partial charge in [-0.15, -0.1) is 0 Å². The monoisotopic (exact) mass is 193 g/mol. The number of nitrogens with one attached hydrogen (secondary N) is 1. The predicted molar refractivity (Wildman–Crippen MR) is 59.8 cm³/mol. The molecule has 0 spiro atoms. The summed E-state index contributed by atoms with van der Waals surface area (Å²) in [5.41, 5.74) is 1.27. The van der Waals surface area contributed by atoms with Crippen LogP contribution < -0.4 is 10.1 Å². The van der Waals surface area contributed by atoms with E-state index in [0.29, 0.717) is 6.04 Å². The summed E-state index contributed by atoms with van der Waals surface area (Å²) in [4.78, 5) is 0. The summed E-state index contributed by atoms with van der Waals surface area (Å²) < 4.78 is 5.55. The Morgan fingerprint density at radius 3 is 2.71 bits per heavy atom. The van der Waals surface area contributed by atoms with Gasteiger partial charge in [0.15, 0.2) is 0 Å². The third-order valence-electron chi connectivity index (χ3n) is 2.29. The standard InChI is InChI=1S/C12H19NO/c1-4-14-12-8-6-5-7-11(12)9-10(2)13-3/h5-8,10,13H,4,9H2,1-3H3. The van der Waals surface area contributed by atoms with E-state index < -0.39 is 0 Å². The van der Waals surface area contributed by atoms with Gasteiger partial charge in [-0.25, -0.2) is 0 Å². The second-order valence-corrected chi connectivity index (χ2v) is 3.43. The molecule has 1 atom stereocenters. The van der Waals surface area contributed by atoms with Crippen LogP contribution in [-0.2, 0) is 6.42 Å². The minimum Gasteiger partial charge on any atom is -0.494 e. The molecule has 0 fully saturated rings. The van der Waals surface area contributed by atoms with E-state index in [0.717, 1.165) is 18.8 Å². The smallest absolute Gasteiger partial charge is 0.122 e. The van der Waals surface area contributed by atoms with Crippen molar-refractivity contribution < 1.29 is 4.74 Å². The molecule has 0 amide bonds. The molecule has 1 rings (SSSR count). The molecule has 0 aromatic heterocycles. The van der Waals surface area contributed by atoms with Gasteiger partial charge < -0.3 is 10.1 Å². The van der Waals surface area contributed by atoms with Crippen LogP contribution in [0.2, 0.25) is 0 Å². The lowest BCUT2D eigenvalue weighted by molar-refractivity contribution is 0.335. The molecule has 0 heterocycles. The maximum Gasteiger partial charge on any atom is 0.122 e. The molecule has 78 valence electrons. The minimum absolute atomic E-state index is 0.483. The topological polar surface area (TPSA) is 21.3 Å². The average molecular weight is 193 g/mol. The SMILES string of the molecule is CCOc1ccccc1CC(C)NC. The quantitative estimate of drug-likeness (QED) is 0.774. The lowest BCUT2D eigenvalue weighted by Gasteiger charge is -2.13. The summed E-state index contributed by atoms with van der Waals surface area (Å²) in [7, 11) is 1.98. The van der Waals surface area contributed by atoms with Gasteiger partial charge in [0.05, 0.1) is 6.61 Å². The van der Waals surface area contributed by atoms with Crippen molar-refractivity contribution in [3.05, 3.63) is 29.8 Å². The zero-order valence-corrected chi connectivity index (χ0v) is 9.21. The second kappa shape index (κ2) is 5.66. The van der Waals surface area contributed by atoms with E-state index >= 15 is 0 Å². The van der Waals surface area contributed by atoms with Crippen LogP contribution in [-0.4, -0.2) is 19.7 Å². The highest BCUT2D eigenvalue weighted by Gasteiger charge is 2.05. The molecule has 1 aromatic rings. The van der Waals surface area contributed by atoms with Crippen molar-refractivity contribution in [1.82, 2.24) is 5.32 Å². The van der Waals surface area contributed by atoms with E-state index in [1.807, 2.05) is 26.1 Å². The lowest BCUT2D eigenvalue weighted by atomic mass is 10.1. The van der Waals surface area contributed by atoms with Gasteiger partial charge in [0.25, 0.3) is 0 Å². The maximum atomic E-state index is 5.55. The van der Waals surface area contributed by atoms with Crippen molar-refractivity contribution in [1.29, 1.82) is 0 Å². The molecule has 0 saturated heterocycles. The molecule has 0 aliphatic heterocycles. The average Bonchev–Trinajstić information content (AvgIpc) is 2.21. The molecule has 1 aromatic carbocycles. The number of benzene rings is 1. The van der Waals surface area contributed by atoms with Crippen molar-refractivity contribution in [2.45, 2.75) is 26.3 Å². The van der Waals surface area contributed by atoms with E-state index in [1.165, 1.54) is 5.56 Å². The van der Waals surface area contributed by atoms with Gasteiger partial charge >= 0.3 is 0 Å². The summed E-state index contributed by atoms with van der Waals surface area (Å²) in [5, 5.41) is 3.23. The van der Waals surface area contributed by atoms with Gasteiger partial charge in [0, 0.05) is 6.04 Å². The second-order valence-electron chi connectivity index (χ2n) is 3.43.